The number of piperidine rings is 1. The summed E-state index contributed by atoms with van der Waals surface area (Å²) < 4.78 is 75.1. The molecule has 15 heteroatoms. The highest BCUT2D eigenvalue weighted by molar-refractivity contribution is 7.89. The number of aromatic nitrogens is 4. The Hall–Kier alpha value is -2.33. The number of methoxy groups -OCH3 is 1. The first-order chi connectivity index (χ1) is 18.7. The third-order valence-corrected chi connectivity index (χ3v) is 9.13. The number of aliphatic hydroxyl groups is 1. The molecule has 2 saturated heterocycles. The van der Waals surface area contributed by atoms with Gasteiger partial charge < -0.3 is 20.1 Å². The number of hydrogen-bond donors (Lipinski definition) is 2. The summed E-state index contributed by atoms with van der Waals surface area (Å²) in [6.07, 6.45) is 1.42. The highest BCUT2D eigenvalue weighted by atomic mass is 32.2. The minimum absolute atomic E-state index is 0.0273. The van der Waals surface area contributed by atoms with Gasteiger partial charge in [-0.2, -0.15) is 18.3 Å². The fourth-order valence-electron chi connectivity index (χ4n) is 5.10. The largest absolute Gasteiger partial charge is 0.419 e. The average Bonchev–Trinajstić information content (AvgIpc) is 3.52. The molecular weight excluding hydrogens is 551 g/mol. The topological polar surface area (TPSA) is 126 Å². The zero-order valence-corrected chi connectivity index (χ0v) is 23.9. The van der Waals surface area contributed by atoms with Gasteiger partial charge in [-0.05, 0) is 46.1 Å². The molecule has 2 aromatic rings. The average molecular weight is 590 g/mol. The summed E-state index contributed by atoms with van der Waals surface area (Å²) in [4.78, 5) is 10.3. The molecule has 0 aliphatic carbocycles. The Morgan fingerprint density at radius 2 is 1.88 bits per heavy atom. The molecule has 2 fully saturated rings. The van der Waals surface area contributed by atoms with Gasteiger partial charge in [-0.25, -0.2) is 22.7 Å². The lowest BCUT2D eigenvalue weighted by atomic mass is 10.1. The van der Waals surface area contributed by atoms with Crippen molar-refractivity contribution in [2.24, 2.45) is 0 Å². The van der Waals surface area contributed by atoms with Crippen LogP contribution in [0.25, 0.3) is 11.3 Å². The van der Waals surface area contributed by atoms with Crippen molar-refractivity contribution in [2.45, 2.75) is 70.0 Å². The van der Waals surface area contributed by atoms with E-state index in [1.54, 1.807) is 21.0 Å². The first-order valence-electron chi connectivity index (χ1n) is 13.4. The van der Waals surface area contributed by atoms with Gasteiger partial charge in [0.05, 0.1) is 35.9 Å². The van der Waals surface area contributed by atoms with Crippen molar-refractivity contribution in [1.82, 2.24) is 29.0 Å². The maximum Gasteiger partial charge on any atom is 0.419 e. The van der Waals surface area contributed by atoms with Gasteiger partial charge in [0, 0.05) is 57.3 Å². The molecule has 11 nitrogen and oxygen atoms in total. The molecule has 1 atom stereocenters. The van der Waals surface area contributed by atoms with E-state index in [1.165, 1.54) is 21.4 Å². The van der Waals surface area contributed by atoms with E-state index in [0.29, 0.717) is 38.9 Å². The van der Waals surface area contributed by atoms with Crippen LogP contribution in [-0.4, -0.2) is 106 Å². The van der Waals surface area contributed by atoms with Gasteiger partial charge in [-0.1, -0.05) is 0 Å². The zero-order valence-electron chi connectivity index (χ0n) is 23.1. The minimum atomic E-state index is -4.67. The summed E-state index contributed by atoms with van der Waals surface area (Å²) in [6, 6.07) is -0.190. The molecule has 224 valence electrons. The molecule has 0 radical (unpaired) electrons. The molecule has 4 rings (SSSR count). The lowest BCUT2D eigenvalue weighted by Gasteiger charge is -2.32. The SMILES string of the molecule is CO[C@H]1CCN(CCCS(=O)(=O)N2CCC(Nc3ncc(C(F)(F)F)c(-c4cnn(CC(C)(C)O)c4)n3)CC2)C1. The Bertz CT molecular complexity index is 1240. The van der Waals surface area contributed by atoms with E-state index >= 15 is 0 Å². The maximum atomic E-state index is 13.7. The van der Waals surface area contributed by atoms with Crippen LogP contribution in [0, 0.1) is 0 Å². The van der Waals surface area contributed by atoms with Gasteiger partial charge in [0.15, 0.2) is 0 Å². The Labute approximate surface area is 232 Å². The standard InChI is InChI=1S/C25H38F3N7O4S/c1-24(2,36)17-34-15-18(13-30-34)22-21(25(26,27)28)14-29-23(32-22)31-19-5-10-35(11-6-19)40(37,38)12-4-8-33-9-7-20(16-33)39-3/h13-15,19-20,36H,4-12,16-17H2,1-3H3,(H,29,31,32)/t20-/m0/s1. The first-order valence-corrected chi connectivity index (χ1v) is 15.0. The van der Waals surface area contributed by atoms with Crippen LogP contribution in [0.5, 0.6) is 0 Å². The summed E-state index contributed by atoms with van der Waals surface area (Å²) in [7, 11) is -1.71. The summed E-state index contributed by atoms with van der Waals surface area (Å²) in [6.45, 7) is 6.31. The number of likely N-dealkylation sites (tertiary alicyclic amines) is 1. The third-order valence-electron chi connectivity index (χ3n) is 7.17. The van der Waals surface area contributed by atoms with E-state index in [1.807, 2.05) is 0 Å². The van der Waals surface area contributed by atoms with Crippen molar-refractivity contribution in [2.75, 3.05) is 50.9 Å². The van der Waals surface area contributed by atoms with Crippen LogP contribution in [0.3, 0.4) is 0 Å². The number of halogens is 3. The minimum Gasteiger partial charge on any atom is -0.389 e. The molecule has 0 unspecified atom stereocenters. The Morgan fingerprint density at radius 3 is 2.50 bits per heavy atom. The maximum absolute atomic E-state index is 13.7. The van der Waals surface area contributed by atoms with Gasteiger partial charge in [-0.15, -0.1) is 0 Å². The molecule has 0 aromatic carbocycles. The van der Waals surface area contributed by atoms with Crippen LogP contribution >= 0.6 is 0 Å². The van der Waals surface area contributed by atoms with Crippen LogP contribution < -0.4 is 5.32 Å². The summed E-state index contributed by atoms with van der Waals surface area (Å²) in [5.41, 5.74) is -2.26. The number of nitrogens with zero attached hydrogens (tertiary/aromatic N) is 6. The third kappa shape index (κ3) is 8.12. The van der Waals surface area contributed by atoms with Crippen molar-refractivity contribution in [3.05, 3.63) is 24.2 Å². The van der Waals surface area contributed by atoms with E-state index in [-0.39, 0.29) is 41.6 Å². The summed E-state index contributed by atoms with van der Waals surface area (Å²) >= 11 is 0. The molecule has 2 aliphatic heterocycles. The van der Waals surface area contributed by atoms with E-state index in [4.69, 9.17) is 4.74 Å². The van der Waals surface area contributed by atoms with Crippen molar-refractivity contribution >= 4 is 16.0 Å². The normalized spacial score (nSPS) is 20.3. The number of sulfonamides is 1. The zero-order chi connectivity index (χ0) is 29.1. The van der Waals surface area contributed by atoms with Crippen molar-refractivity contribution in [3.8, 4) is 11.3 Å². The lowest BCUT2D eigenvalue weighted by molar-refractivity contribution is -0.137. The first kappa shape index (κ1) is 30.6. The Balaban J connectivity index is 1.35. The number of ether oxygens (including phenoxy) is 1. The van der Waals surface area contributed by atoms with E-state index in [0.717, 1.165) is 25.7 Å². The molecule has 0 spiro atoms. The monoisotopic (exact) mass is 589 g/mol. The van der Waals surface area contributed by atoms with Crippen LogP contribution in [0.4, 0.5) is 19.1 Å². The van der Waals surface area contributed by atoms with Crippen molar-refractivity contribution < 1.29 is 31.4 Å². The van der Waals surface area contributed by atoms with Gasteiger partial charge in [0.1, 0.15) is 5.56 Å². The van der Waals surface area contributed by atoms with Crippen LogP contribution in [0.15, 0.2) is 18.6 Å². The van der Waals surface area contributed by atoms with E-state index in [2.05, 4.69) is 25.3 Å². The molecule has 2 N–H and O–H groups in total. The molecule has 40 heavy (non-hydrogen) atoms. The van der Waals surface area contributed by atoms with Crippen LogP contribution in [0.2, 0.25) is 0 Å². The van der Waals surface area contributed by atoms with Crippen molar-refractivity contribution in [3.63, 3.8) is 0 Å². The van der Waals surface area contributed by atoms with E-state index in [9.17, 15) is 26.7 Å². The molecule has 2 aromatic heterocycles. The number of anilines is 1. The van der Waals surface area contributed by atoms with Crippen molar-refractivity contribution in [1.29, 1.82) is 0 Å². The smallest absolute Gasteiger partial charge is 0.389 e. The summed E-state index contributed by atoms with van der Waals surface area (Å²) in [5, 5.41) is 17.2. The second-order valence-electron chi connectivity index (χ2n) is 11.1. The van der Waals surface area contributed by atoms with Crippen LogP contribution in [0.1, 0.15) is 45.1 Å². The predicted molar refractivity (Wildman–Crippen MR) is 143 cm³/mol. The molecule has 0 bridgehead atoms. The predicted octanol–water partition coefficient (Wildman–Crippen LogP) is 2.45. The quantitative estimate of drug-likeness (QED) is 0.407. The number of alkyl halides is 3. The fourth-order valence-corrected chi connectivity index (χ4v) is 6.62. The number of rotatable bonds is 11. The highest BCUT2D eigenvalue weighted by Gasteiger charge is 2.36. The Kier molecular flexibility index (Phi) is 9.39. The molecular formula is C25H38F3N7O4S. The summed E-state index contributed by atoms with van der Waals surface area (Å²) in [5.74, 6) is 0.102. The number of nitrogens with one attached hydrogen (secondary N) is 1. The molecule has 4 heterocycles. The number of hydrogen-bond acceptors (Lipinski definition) is 9. The fraction of sp³-hybridized carbons (Fsp3) is 0.720. The lowest BCUT2D eigenvalue weighted by Crippen LogP contribution is -2.43. The molecule has 2 aliphatic rings. The highest BCUT2D eigenvalue weighted by Crippen LogP contribution is 2.36. The van der Waals surface area contributed by atoms with Gasteiger partial charge in [0.25, 0.3) is 0 Å². The second kappa shape index (κ2) is 12.3. The van der Waals surface area contributed by atoms with Crippen LogP contribution in [-0.2, 0) is 27.5 Å². The molecule has 0 amide bonds. The Morgan fingerprint density at radius 1 is 1.15 bits per heavy atom. The second-order valence-corrected chi connectivity index (χ2v) is 13.2. The van der Waals surface area contributed by atoms with Gasteiger partial charge in [-0.3, -0.25) is 4.68 Å². The van der Waals surface area contributed by atoms with Gasteiger partial charge in [0.2, 0.25) is 16.0 Å². The van der Waals surface area contributed by atoms with Gasteiger partial charge >= 0.3 is 6.18 Å². The molecule has 0 saturated carbocycles. The van der Waals surface area contributed by atoms with E-state index < -0.39 is 27.4 Å².